The van der Waals surface area contributed by atoms with E-state index in [1.165, 1.54) is 5.56 Å². The summed E-state index contributed by atoms with van der Waals surface area (Å²) in [7, 11) is 0. The predicted octanol–water partition coefficient (Wildman–Crippen LogP) is 2.07. The molecular formula is C16H21N3O. The van der Waals surface area contributed by atoms with Gasteiger partial charge in [0.15, 0.2) is 0 Å². The molecule has 1 aromatic carbocycles. The summed E-state index contributed by atoms with van der Waals surface area (Å²) in [4.78, 5) is 14.5. The first-order chi connectivity index (χ1) is 9.70. The van der Waals surface area contributed by atoms with Crippen LogP contribution in [-0.2, 0) is 11.3 Å². The molecule has 1 saturated heterocycles. The number of rotatable bonds is 4. The average molecular weight is 271 g/mol. The fourth-order valence-corrected chi connectivity index (χ4v) is 2.64. The Bertz CT molecular complexity index is 480. The summed E-state index contributed by atoms with van der Waals surface area (Å²) in [5.74, 6) is -0.0188. The number of benzene rings is 1. The lowest BCUT2D eigenvalue weighted by molar-refractivity contribution is -0.128. The number of nitrogens with one attached hydrogen (secondary N) is 1. The lowest BCUT2D eigenvalue weighted by Gasteiger charge is -2.34. The second kappa shape index (κ2) is 7.06. The van der Waals surface area contributed by atoms with Crippen LogP contribution in [0, 0.1) is 11.3 Å². The van der Waals surface area contributed by atoms with Gasteiger partial charge in [0.25, 0.3) is 0 Å². The standard InChI is InChI=1S/C16H21N3O/c1-13(11-17)18-16(20)15-9-5-6-10-19(15)12-14-7-3-2-4-8-14/h2-4,7-8,13,15H,5-6,9-10,12H2,1H3,(H,18,20)/t13-,15+/m1/s1. The molecule has 0 unspecified atom stereocenters. The second-order valence-corrected chi connectivity index (χ2v) is 5.33. The van der Waals surface area contributed by atoms with E-state index in [1.807, 2.05) is 24.3 Å². The first-order valence-corrected chi connectivity index (χ1v) is 7.18. The summed E-state index contributed by atoms with van der Waals surface area (Å²) in [6, 6.07) is 11.7. The molecule has 1 aliphatic rings. The van der Waals surface area contributed by atoms with Gasteiger partial charge in [0, 0.05) is 6.54 Å². The predicted molar refractivity (Wildman–Crippen MR) is 77.7 cm³/mol. The Morgan fingerprint density at radius 2 is 2.20 bits per heavy atom. The minimum atomic E-state index is -0.428. The molecule has 20 heavy (non-hydrogen) atoms. The molecule has 0 bridgehead atoms. The van der Waals surface area contributed by atoms with Crippen molar-refractivity contribution in [3.05, 3.63) is 35.9 Å². The first kappa shape index (κ1) is 14.5. The van der Waals surface area contributed by atoms with E-state index in [1.54, 1.807) is 6.92 Å². The molecule has 4 nitrogen and oxygen atoms in total. The van der Waals surface area contributed by atoms with Gasteiger partial charge in [0.05, 0.1) is 12.1 Å². The van der Waals surface area contributed by atoms with E-state index in [2.05, 4.69) is 22.3 Å². The van der Waals surface area contributed by atoms with Crippen LogP contribution in [0.25, 0.3) is 0 Å². The molecule has 2 rings (SSSR count). The van der Waals surface area contributed by atoms with Crippen molar-refractivity contribution in [3.8, 4) is 6.07 Å². The highest BCUT2D eigenvalue weighted by molar-refractivity contribution is 5.82. The summed E-state index contributed by atoms with van der Waals surface area (Å²) in [6.45, 7) is 3.44. The van der Waals surface area contributed by atoms with Gasteiger partial charge < -0.3 is 5.32 Å². The maximum absolute atomic E-state index is 12.3. The number of nitriles is 1. The molecule has 1 aliphatic heterocycles. The fraction of sp³-hybridized carbons (Fsp3) is 0.500. The SMILES string of the molecule is C[C@H](C#N)NC(=O)[C@@H]1CCCCN1Cc1ccccc1. The number of piperidine rings is 1. The van der Waals surface area contributed by atoms with E-state index >= 15 is 0 Å². The Labute approximate surface area is 120 Å². The van der Waals surface area contributed by atoms with Crippen LogP contribution in [0.15, 0.2) is 30.3 Å². The monoisotopic (exact) mass is 271 g/mol. The molecule has 1 N–H and O–H groups in total. The molecule has 0 radical (unpaired) electrons. The van der Waals surface area contributed by atoms with E-state index in [9.17, 15) is 4.79 Å². The molecule has 106 valence electrons. The van der Waals surface area contributed by atoms with E-state index in [-0.39, 0.29) is 11.9 Å². The summed E-state index contributed by atoms with van der Waals surface area (Å²) in [5, 5.41) is 11.6. The zero-order valence-electron chi connectivity index (χ0n) is 11.9. The number of nitrogens with zero attached hydrogens (tertiary/aromatic N) is 2. The maximum Gasteiger partial charge on any atom is 0.238 e. The average Bonchev–Trinajstić information content (AvgIpc) is 2.48. The molecule has 1 aromatic rings. The van der Waals surface area contributed by atoms with E-state index in [4.69, 9.17) is 5.26 Å². The van der Waals surface area contributed by atoms with Crippen molar-refractivity contribution in [1.29, 1.82) is 5.26 Å². The van der Waals surface area contributed by atoms with Gasteiger partial charge in [0.2, 0.25) is 5.91 Å². The molecule has 1 heterocycles. The van der Waals surface area contributed by atoms with Crippen molar-refractivity contribution in [2.45, 2.75) is 44.8 Å². The van der Waals surface area contributed by atoms with E-state index < -0.39 is 6.04 Å². The largest absolute Gasteiger partial charge is 0.339 e. The highest BCUT2D eigenvalue weighted by Crippen LogP contribution is 2.20. The zero-order valence-corrected chi connectivity index (χ0v) is 11.9. The Morgan fingerprint density at radius 1 is 1.45 bits per heavy atom. The summed E-state index contributed by atoms with van der Waals surface area (Å²) in [6.07, 6.45) is 3.07. The number of hydrogen-bond donors (Lipinski definition) is 1. The van der Waals surface area contributed by atoms with Crippen LogP contribution >= 0.6 is 0 Å². The molecule has 1 amide bonds. The topological polar surface area (TPSA) is 56.1 Å². The zero-order chi connectivity index (χ0) is 14.4. The number of likely N-dealkylation sites (tertiary alicyclic amines) is 1. The molecule has 0 aromatic heterocycles. The first-order valence-electron chi connectivity index (χ1n) is 7.18. The second-order valence-electron chi connectivity index (χ2n) is 5.33. The quantitative estimate of drug-likeness (QED) is 0.912. The van der Waals surface area contributed by atoms with Crippen LogP contribution in [0.3, 0.4) is 0 Å². The smallest absolute Gasteiger partial charge is 0.238 e. The summed E-state index contributed by atoms with van der Waals surface area (Å²) >= 11 is 0. The van der Waals surface area contributed by atoms with Gasteiger partial charge >= 0.3 is 0 Å². The van der Waals surface area contributed by atoms with E-state index in [0.29, 0.717) is 0 Å². The Morgan fingerprint density at radius 3 is 2.90 bits per heavy atom. The number of amides is 1. The lowest BCUT2D eigenvalue weighted by atomic mass is 10.00. The molecule has 4 heteroatoms. The third-order valence-corrected chi connectivity index (χ3v) is 3.70. The number of carbonyl (C=O) groups is 1. The van der Waals surface area contributed by atoms with Gasteiger partial charge in [-0.15, -0.1) is 0 Å². The Balaban J connectivity index is 2.02. The van der Waals surface area contributed by atoms with Gasteiger partial charge in [-0.2, -0.15) is 5.26 Å². The molecule has 2 atom stereocenters. The molecule has 0 saturated carbocycles. The molecule has 0 spiro atoms. The highest BCUT2D eigenvalue weighted by atomic mass is 16.2. The summed E-state index contributed by atoms with van der Waals surface area (Å²) in [5.41, 5.74) is 1.22. The van der Waals surface area contributed by atoms with Crippen molar-refractivity contribution in [1.82, 2.24) is 10.2 Å². The normalized spacial score (nSPS) is 20.9. The van der Waals surface area contributed by atoms with Crippen molar-refractivity contribution >= 4 is 5.91 Å². The van der Waals surface area contributed by atoms with Gasteiger partial charge in [-0.25, -0.2) is 0 Å². The Hall–Kier alpha value is -1.86. The minimum absolute atomic E-state index is 0.0188. The lowest BCUT2D eigenvalue weighted by Crippen LogP contribution is -2.50. The number of carbonyl (C=O) groups excluding carboxylic acids is 1. The van der Waals surface area contributed by atoms with Gasteiger partial charge in [-0.3, -0.25) is 9.69 Å². The summed E-state index contributed by atoms with van der Waals surface area (Å²) < 4.78 is 0. The van der Waals surface area contributed by atoms with Gasteiger partial charge in [-0.1, -0.05) is 36.8 Å². The fourth-order valence-electron chi connectivity index (χ4n) is 2.64. The van der Waals surface area contributed by atoms with Crippen molar-refractivity contribution in [2.24, 2.45) is 0 Å². The van der Waals surface area contributed by atoms with Crippen molar-refractivity contribution in [2.75, 3.05) is 6.54 Å². The van der Waals surface area contributed by atoms with Crippen LogP contribution < -0.4 is 5.32 Å². The molecule has 0 aliphatic carbocycles. The Kier molecular flexibility index (Phi) is 5.14. The van der Waals surface area contributed by atoms with Crippen LogP contribution in [-0.4, -0.2) is 29.4 Å². The van der Waals surface area contributed by atoms with Crippen LogP contribution in [0.1, 0.15) is 31.7 Å². The van der Waals surface area contributed by atoms with Crippen molar-refractivity contribution < 1.29 is 4.79 Å². The third-order valence-electron chi connectivity index (χ3n) is 3.70. The third kappa shape index (κ3) is 3.82. The van der Waals surface area contributed by atoms with Crippen LogP contribution in [0.5, 0.6) is 0 Å². The molecule has 1 fully saturated rings. The van der Waals surface area contributed by atoms with Gasteiger partial charge in [-0.05, 0) is 31.9 Å². The maximum atomic E-state index is 12.3. The van der Waals surface area contributed by atoms with E-state index in [0.717, 1.165) is 32.4 Å². The van der Waals surface area contributed by atoms with Crippen LogP contribution in [0.4, 0.5) is 0 Å². The molecular weight excluding hydrogens is 250 g/mol. The highest BCUT2D eigenvalue weighted by Gasteiger charge is 2.29. The minimum Gasteiger partial charge on any atom is -0.339 e. The van der Waals surface area contributed by atoms with Crippen LogP contribution in [0.2, 0.25) is 0 Å². The number of hydrogen-bond acceptors (Lipinski definition) is 3. The van der Waals surface area contributed by atoms with Gasteiger partial charge in [0.1, 0.15) is 6.04 Å². The van der Waals surface area contributed by atoms with Crippen molar-refractivity contribution in [3.63, 3.8) is 0 Å².